The molecule has 0 saturated carbocycles. The molecule has 2 aliphatic rings. The molecule has 1 fully saturated rings. The van der Waals surface area contributed by atoms with E-state index in [1.165, 1.54) is 17.8 Å². The van der Waals surface area contributed by atoms with Crippen LogP contribution in [0.15, 0.2) is 16.9 Å². The van der Waals surface area contributed by atoms with E-state index >= 15 is 0 Å². The predicted octanol–water partition coefficient (Wildman–Crippen LogP) is 1.18. The monoisotopic (exact) mass is 559 g/mol. The fraction of sp³-hybridized carbons (Fsp3) is 0.450. The molecule has 16 heteroatoms. The number of nitrogens with zero attached hydrogens (tertiary/aromatic N) is 3. The number of aliphatic carboxylic acids is 1. The van der Waals surface area contributed by atoms with Crippen LogP contribution in [0.2, 0.25) is 4.34 Å². The number of β-lactam (4-membered cyclic amide) rings is 1. The van der Waals surface area contributed by atoms with Gasteiger partial charge < -0.3 is 25.3 Å². The highest BCUT2D eigenvalue weighted by atomic mass is 35.5. The number of hydrogen-bond acceptors (Lipinski definition) is 11. The molecule has 0 radical (unpaired) electrons. The standard InChI is InChI=1S/C20H22ClN5O8S2/c1-8-5-9(18(31)32)26-16(30)13(17(26)35-8)23-15(29)12(11-14(21)36-19(24-11)22-7-27)25-33-6-10(28)34-20(2,3)4/h5,7-8,13,17H,6H2,1-4H3,(H,23,29)(H,31,32)(H,22,24,27)/b25-12+/t8?,13?,17-/m1/s1. The summed E-state index contributed by atoms with van der Waals surface area (Å²) < 4.78 is 5.10. The smallest absolute Gasteiger partial charge is 0.352 e. The number of amides is 3. The molecule has 13 nitrogen and oxygen atoms in total. The van der Waals surface area contributed by atoms with Crippen molar-refractivity contribution in [3.05, 3.63) is 21.8 Å². The Hall–Kier alpha value is -3.17. The van der Waals surface area contributed by atoms with Gasteiger partial charge in [0.15, 0.2) is 10.8 Å². The van der Waals surface area contributed by atoms with Crippen molar-refractivity contribution in [1.82, 2.24) is 15.2 Å². The van der Waals surface area contributed by atoms with Crippen molar-refractivity contribution in [2.45, 2.75) is 50.0 Å². The fourth-order valence-electron chi connectivity index (χ4n) is 3.21. The van der Waals surface area contributed by atoms with Gasteiger partial charge in [0.1, 0.15) is 32.7 Å². The first-order valence-corrected chi connectivity index (χ1v) is 12.5. The summed E-state index contributed by atoms with van der Waals surface area (Å²) in [5.41, 5.74) is -1.56. The molecule has 194 valence electrons. The van der Waals surface area contributed by atoms with E-state index in [1.54, 1.807) is 27.7 Å². The van der Waals surface area contributed by atoms with Crippen molar-refractivity contribution >= 4 is 75.7 Å². The van der Waals surface area contributed by atoms with Crippen LogP contribution < -0.4 is 10.6 Å². The van der Waals surface area contributed by atoms with Gasteiger partial charge in [0.05, 0.1) is 0 Å². The van der Waals surface area contributed by atoms with Gasteiger partial charge in [0.2, 0.25) is 13.0 Å². The molecule has 1 saturated heterocycles. The molecule has 2 unspecified atom stereocenters. The number of halogens is 1. The second-order valence-corrected chi connectivity index (χ2v) is 11.6. The van der Waals surface area contributed by atoms with Gasteiger partial charge in [0.25, 0.3) is 11.8 Å². The molecule has 0 bridgehead atoms. The number of oxime groups is 1. The second-order valence-electron chi connectivity index (χ2n) is 8.45. The van der Waals surface area contributed by atoms with Crippen LogP contribution >= 0.6 is 34.7 Å². The molecule has 1 aromatic rings. The van der Waals surface area contributed by atoms with E-state index in [2.05, 4.69) is 20.8 Å². The Kier molecular flexibility index (Phi) is 8.26. The Morgan fingerprint density at radius 1 is 1.36 bits per heavy atom. The third-order valence-corrected chi connectivity index (χ3v) is 7.03. The van der Waals surface area contributed by atoms with E-state index in [-0.39, 0.29) is 26.1 Å². The minimum Gasteiger partial charge on any atom is -0.477 e. The lowest BCUT2D eigenvalue weighted by atomic mass is 10.0. The molecule has 3 atom stereocenters. The van der Waals surface area contributed by atoms with Gasteiger partial charge in [-0.2, -0.15) is 0 Å². The summed E-state index contributed by atoms with van der Waals surface area (Å²) >= 11 is 8.32. The minimum absolute atomic E-state index is 0.0209. The van der Waals surface area contributed by atoms with Gasteiger partial charge in [0, 0.05) is 5.25 Å². The first kappa shape index (κ1) is 27.4. The number of thiazole rings is 1. The number of nitrogens with one attached hydrogen (secondary N) is 2. The van der Waals surface area contributed by atoms with Crippen LogP contribution in [0, 0.1) is 0 Å². The Morgan fingerprint density at radius 2 is 2.06 bits per heavy atom. The SMILES string of the molecule is CC1C=C(C(=O)O)N2C(=O)C(NC(=O)/C(=N/OCC(=O)OC(C)(C)C)c3nc(NC=O)sc3Cl)[C@H]2S1. The minimum atomic E-state index is -1.26. The fourth-order valence-corrected chi connectivity index (χ4v) is 5.54. The Bertz CT molecular complexity index is 1160. The number of carboxylic acid groups (broad SMARTS) is 1. The summed E-state index contributed by atoms with van der Waals surface area (Å²) in [6, 6.07) is -1.06. The number of thioether (sulfide) groups is 1. The molecular formula is C20H22ClN5O8S2. The van der Waals surface area contributed by atoms with E-state index in [1.807, 2.05) is 0 Å². The number of carboxylic acids is 1. The summed E-state index contributed by atoms with van der Waals surface area (Å²) in [7, 11) is 0. The maximum absolute atomic E-state index is 13.2. The topological polar surface area (TPSA) is 177 Å². The normalized spacial score (nSPS) is 21.5. The van der Waals surface area contributed by atoms with Crippen LogP contribution in [0.3, 0.4) is 0 Å². The quantitative estimate of drug-likeness (QED) is 0.131. The largest absolute Gasteiger partial charge is 0.477 e. The molecular weight excluding hydrogens is 538 g/mol. The number of rotatable bonds is 9. The number of anilines is 1. The van der Waals surface area contributed by atoms with Crippen LogP contribution in [-0.4, -0.2) is 79.7 Å². The van der Waals surface area contributed by atoms with Gasteiger partial charge >= 0.3 is 11.9 Å². The van der Waals surface area contributed by atoms with Gasteiger partial charge in [-0.25, -0.2) is 14.6 Å². The highest BCUT2D eigenvalue weighted by molar-refractivity contribution is 8.00. The molecule has 2 aliphatic heterocycles. The summed E-state index contributed by atoms with van der Waals surface area (Å²) in [4.78, 5) is 70.2. The van der Waals surface area contributed by atoms with E-state index in [4.69, 9.17) is 21.2 Å². The second kappa shape index (κ2) is 10.8. The van der Waals surface area contributed by atoms with Crippen molar-refractivity contribution in [2.75, 3.05) is 11.9 Å². The third kappa shape index (κ3) is 6.14. The highest BCUT2D eigenvalue weighted by Crippen LogP contribution is 2.40. The molecule has 36 heavy (non-hydrogen) atoms. The van der Waals surface area contributed by atoms with Crippen LogP contribution in [0.25, 0.3) is 0 Å². The molecule has 0 aliphatic carbocycles. The average molecular weight is 560 g/mol. The maximum Gasteiger partial charge on any atom is 0.352 e. The van der Waals surface area contributed by atoms with Crippen molar-refractivity contribution < 1.29 is 38.7 Å². The third-order valence-electron chi connectivity index (χ3n) is 4.52. The van der Waals surface area contributed by atoms with Gasteiger partial charge in [-0.15, -0.1) is 11.8 Å². The molecule has 0 aromatic carbocycles. The molecule has 3 heterocycles. The van der Waals surface area contributed by atoms with E-state index in [0.29, 0.717) is 6.41 Å². The summed E-state index contributed by atoms with van der Waals surface area (Å²) in [6.45, 7) is 6.13. The first-order chi connectivity index (χ1) is 16.8. The summed E-state index contributed by atoms with van der Waals surface area (Å²) in [5, 5.41) is 17.1. The Labute approximate surface area is 218 Å². The molecule has 3 amide bonds. The van der Waals surface area contributed by atoms with E-state index < -0.39 is 53.1 Å². The number of aromatic nitrogens is 1. The Balaban J connectivity index is 1.82. The zero-order valence-electron chi connectivity index (χ0n) is 19.4. The Morgan fingerprint density at radius 3 is 2.67 bits per heavy atom. The van der Waals surface area contributed by atoms with Gasteiger partial charge in [-0.05, 0) is 33.8 Å². The van der Waals surface area contributed by atoms with E-state index in [0.717, 1.165) is 16.2 Å². The number of carbonyl (C=O) groups excluding carboxylic acids is 4. The zero-order valence-corrected chi connectivity index (χ0v) is 21.8. The summed E-state index contributed by atoms with van der Waals surface area (Å²) in [5.74, 6) is -3.54. The first-order valence-electron chi connectivity index (χ1n) is 10.4. The highest BCUT2D eigenvalue weighted by Gasteiger charge is 2.54. The molecule has 3 rings (SSSR count). The summed E-state index contributed by atoms with van der Waals surface area (Å²) in [6.07, 6.45) is 1.82. The van der Waals surface area contributed by atoms with Crippen LogP contribution in [0.5, 0.6) is 0 Å². The number of carbonyl (C=O) groups is 5. The van der Waals surface area contributed by atoms with Crippen molar-refractivity contribution in [2.24, 2.45) is 5.16 Å². The zero-order chi connectivity index (χ0) is 26.8. The van der Waals surface area contributed by atoms with Crippen molar-refractivity contribution in [3.63, 3.8) is 0 Å². The van der Waals surface area contributed by atoms with Crippen LogP contribution in [-0.2, 0) is 33.5 Å². The average Bonchev–Trinajstić information content (AvgIpc) is 3.12. The van der Waals surface area contributed by atoms with Gasteiger partial charge in [-0.1, -0.05) is 28.1 Å². The van der Waals surface area contributed by atoms with Crippen molar-refractivity contribution in [3.8, 4) is 0 Å². The molecule has 3 N–H and O–H groups in total. The number of hydrogen-bond donors (Lipinski definition) is 3. The van der Waals surface area contributed by atoms with Crippen LogP contribution in [0.4, 0.5) is 5.13 Å². The number of ether oxygens (including phenoxy) is 1. The lowest BCUT2D eigenvalue weighted by Crippen LogP contribution is -2.71. The van der Waals surface area contributed by atoms with Crippen LogP contribution in [0.1, 0.15) is 33.4 Å². The van der Waals surface area contributed by atoms with Gasteiger partial charge in [-0.3, -0.25) is 19.3 Å². The lowest BCUT2D eigenvalue weighted by molar-refractivity contribution is -0.160. The molecule has 0 spiro atoms. The predicted molar refractivity (Wildman–Crippen MR) is 130 cm³/mol. The molecule has 1 aromatic heterocycles. The van der Waals surface area contributed by atoms with Crippen molar-refractivity contribution in [1.29, 1.82) is 0 Å². The number of fused-ring (bicyclic) bond motifs is 1. The lowest BCUT2D eigenvalue weighted by Gasteiger charge is -2.49. The van der Waals surface area contributed by atoms with E-state index in [9.17, 15) is 29.1 Å². The number of esters is 1. The maximum atomic E-state index is 13.2.